The smallest absolute Gasteiger partial charge is 0.255 e. The second-order valence-electron chi connectivity index (χ2n) is 5.24. The lowest BCUT2D eigenvalue weighted by atomic mass is 10.1. The molecule has 2 aromatic rings. The van der Waals surface area contributed by atoms with Gasteiger partial charge in [0.25, 0.3) is 5.91 Å². The molecule has 0 aromatic heterocycles. The lowest BCUT2D eigenvalue weighted by Gasteiger charge is -2.08. The molecule has 1 amide bonds. The van der Waals surface area contributed by atoms with Gasteiger partial charge in [-0.2, -0.15) is 0 Å². The molecule has 3 rings (SSSR count). The maximum atomic E-state index is 12.3. The van der Waals surface area contributed by atoms with E-state index in [1.165, 1.54) is 17.5 Å². The fourth-order valence-corrected chi connectivity index (χ4v) is 2.79. The van der Waals surface area contributed by atoms with E-state index in [1.807, 2.05) is 6.07 Å². The summed E-state index contributed by atoms with van der Waals surface area (Å²) < 4.78 is 0. The van der Waals surface area contributed by atoms with Gasteiger partial charge >= 0.3 is 0 Å². The summed E-state index contributed by atoms with van der Waals surface area (Å²) in [4.78, 5) is 12.6. The molecular weight excluding hydrogens is 280 g/mol. The quantitative estimate of drug-likeness (QED) is 0.856. The van der Waals surface area contributed by atoms with Gasteiger partial charge in [-0.1, -0.05) is 30.4 Å². The minimum atomic E-state index is -0.147. The van der Waals surface area contributed by atoms with E-state index in [1.54, 1.807) is 24.3 Å². The van der Waals surface area contributed by atoms with Crippen molar-refractivity contribution in [3.63, 3.8) is 0 Å². The largest absolute Gasteiger partial charge is 0.389 e. The summed E-state index contributed by atoms with van der Waals surface area (Å²) in [6.45, 7) is 0. The molecule has 0 radical (unpaired) electrons. The maximum absolute atomic E-state index is 12.3. The minimum Gasteiger partial charge on any atom is -0.389 e. The van der Waals surface area contributed by atoms with E-state index < -0.39 is 0 Å². The summed E-state index contributed by atoms with van der Waals surface area (Å²) in [5.74, 6) is -0.147. The summed E-state index contributed by atoms with van der Waals surface area (Å²) in [5, 5.41) is 2.93. The van der Waals surface area contributed by atoms with Crippen LogP contribution in [-0.4, -0.2) is 10.9 Å². The first-order valence-corrected chi connectivity index (χ1v) is 7.37. The first-order chi connectivity index (χ1) is 10.1. The fraction of sp³-hybridized carbons (Fsp3) is 0.176. The Morgan fingerprint density at radius 2 is 1.81 bits per heavy atom. The van der Waals surface area contributed by atoms with Gasteiger partial charge < -0.3 is 11.1 Å². The zero-order valence-corrected chi connectivity index (χ0v) is 12.4. The maximum Gasteiger partial charge on any atom is 0.255 e. The van der Waals surface area contributed by atoms with Crippen LogP contribution in [0.5, 0.6) is 0 Å². The van der Waals surface area contributed by atoms with E-state index in [9.17, 15) is 4.79 Å². The molecule has 2 aromatic carbocycles. The third kappa shape index (κ3) is 2.95. The molecule has 106 valence electrons. The van der Waals surface area contributed by atoms with Gasteiger partial charge in [0, 0.05) is 16.8 Å². The Kier molecular flexibility index (Phi) is 3.71. The fourth-order valence-electron chi connectivity index (χ4n) is 2.67. The van der Waals surface area contributed by atoms with Crippen LogP contribution in [0.3, 0.4) is 0 Å². The molecule has 3 N–H and O–H groups in total. The summed E-state index contributed by atoms with van der Waals surface area (Å²) in [5.41, 5.74) is 10.4. The van der Waals surface area contributed by atoms with Gasteiger partial charge in [-0.3, -0.25) is 4.79 Å². The van der Waals surface area contributed by atoms with E-state index >= 15 is 0 Å². The molecule has 4 heteroatoms. The van der Waals surface area contributed by atoms with Crippen molar-refractivity contribution in [1.82, 2.24) is 0 Å². The Balaban J connectivity index is 1.80. The van der Waals surface area contributed by atoms with Gasteiger partial charge in [0.15, 0.2) is 0 Å². The second kappa shape index (κ2) is 5.66. The van der Waals surface area contributed by atoms with E-state index in [4.69, 9.17) is 18.0 Å². The lowest BCUT2D eigenvalue weighted by molar-refractivity contribution is 0.102. The number of nitrogens with one attached hydrogen (secondary N) is 1. The number of aryl methyl sites for hydroxylation is 2. The Morgan fingerprint density at radius 3 is 2.62 bits per heavy atom. The molecule has 1 aliphatic rings. The molecule has 0 spiro atoms. The minimum absolute atomic E-state index is 0.147. The molecule has 1 aliphatic carbocycles. The van der Waals surface area contributed by atoms with Crippen molar-refractivity contribution in [3.05, 3.63) is 64.7 Å². The number of hydrogen-bond donors (Lipinski definition) is 2. The van der Waals surface area contributed by atoms with Crippen LogP contribution in [0.4, 0.5) is 5.69 Å². The normalized spacial score (nSPS) is 12.8. The molecule has 0 saturated heterocycles. The molecular formula is C17H16N2OS. The van der Waals surface area contributed by atoms with Crippen LogP contribution in [0.25, 0.3) is 0 Å². The van der Waals surface area contributed by atoms with Gasteiger partial charge in [-0.25, -0.2) is 0 Å². The molecule has 3 nitrogen and oxygen atoms in total. The zero-order valence-electron chi connectivity index (χ0n) is 11.6. The number of carbonyl (C=O) groups excluding carboxylic acids is 1. The van der Waals surface area contributed by atoms with E-state index in [0.29, 0.717) is 16.1 Å². The Bertz CT molecular complexity index is 724. The molecule has 0 heterocycles. The first kappa shape index (κ1) is 13.8. The average Bonchev–Trinajstić information content (AvgIpc) is 2.95. The Morgan fingerprint density at radius 1 is 1.05 bits per heavy atom. The predicted octanol–water partition coefficient (Wildman–Crippen LogP) is 3.06. The van der Waals surface area contributed by atoms with Crippen LogP contribution in [0.2, 0.25) is 0 Å². The van der Waals surface area contributed by atoms with E-state index in [0.717, 1.165) is 18.5 Å². The number of carbonyl (C=O) groups is 1. The van der Waals surface area contributed by atoms with Gasteiger partial charge in [0.05, 0.1) is 0 Å². The van der Waals surface area contributed by atoms with Gasteiger partial charge in [-0.15, -0.1) is 0 Å². The van der Waals surface area contributed by atoms with Crippen LogP contribution in [0.1, 0.15) is 33.5 Å². The topological polar surface area (TPSA) is 55.1 Å². The van der Waals surface area contributed by atoms with Crippen molar-refractivity contribution < 1.29 is 4.79 Å². The average molecular weight is 296 g/mol. The second-order valence-corrected chi connectivity index (χ2v) is 5.68. The summed E-state index contributed by atoms with van der Waals surface area (Å²) in [6.07, 6.45) is 3.43. The summed E-state index contributed by atoms with van der Waals surface area (Å²) in [7, 11) is 0. The summed E-state index contributed by atoms with van der Waals surface area (Å²) >= 11 is 4.94. The van der Waals surface area contributed by atoms with Gasteiger partial charge in [-0.05, 0) is 54.7 Å². The third-order valence-corrected chi connectivity index (χ3v) is 4.00. The van der Waals surface area contributed by atoms with Crippen molar-refractivity contribution in [3.8, 4) is 0 Å². The van der Waals surface area contributed by atoms with Crippen molar-refractivity contribution in [2.45, 2.75) is 19.3 Å². The van der Waals surface area contributed by atoms with Crippen molar-refractivity contribution in [2.75, 3.05) is 5.32 Å². The standard InChI is InChI=1S/C17H16N2OS/c18-16(21)13-5-2-6-14(9-13)17(20)19-15-8-7-11-3-1-4-12(11)10-15/h2,5-10H,1,3-4H2,(H2,18,21)(H,19,20). The van der Waals surface area contributed by atoms with Gasteiger partial charge in [0.2, 0.25) is 0 Å². The lowest BCUT2D eigenvalue weighted by Crippen LogP contribution is -2.14. The Labute approximate surface area is 129 Å². The van der Waals surface area contributed by atoms with Crippen LogP contribution >= 0.6 is 12.2 Å². The molecule has 0 bridgehead atoms. The van der Waals surface area contributed by atoms with Crippen LogP contribution < -0.4 is 11.1 Å². The number of benzene rings is 2. The summed E-state index contributed by atoms with van der Waals surface area (Å²) in [6, 6.07) is 13.2. The molecule has 21 heavy (non-hydrogen) atoms. The molecule has 0 aliphatic heterocycles. The molecule has 0 saturated carbocycles. The number of amides is 1. The third-order valence-electron chi connectivity index (χ3n) is 3.77. The molecule has 0 fully saturated rings. The van der Waals surface area contributed by atoms with Crippen LogP contribution in [-0.2, 0) is 12.8 Å². The van der Waals surface area contributed by atoms with Crippen molar-refractivity contribution in [1.29, 1.82) is 0 Å². The zero-order chi connectivity index (χ0) is 14.8. The number of hydrogen-bond acceptors (Lipinski definition) is 2. The van der Waals surface area contributed by atoms with E-state index in [2.05, 4.69) is 17.4 Å². The van der Waals surface area contributed by atoms with Crippen molar-refractivity contribution in [2.24, 2.45) is 5.73 Å². The van der Waals surface area contributed by atoms with Crippen molar-refractivity contribution >= 4 is 28.8 Å². The highest BCUT2D eigenvalue weighted by molar-refractivity contribution is 7.80. The molecule has 0 atom stereocenters. The number of anilines is 1. The number of fused-ring (bicyclic) bond motifs is 1. The SMILES string of the molecule is NC(=S)c1cccc(C(=O)Nc2ccc3c(c2)CCC3)c1. The van der Waals surface area contributed by atoms with Crippen LogP contribution in [0, 0.1) is 0 Å². The highest BCUT2D eigenvalue weighted by Crippen LogP contribution is 2.25. The highest BCUT2D eigenvalue weighted by Gasteiger charge is 2.12. The number of thiocarbonyl (C=S) groups is 1. The van der Waals surface area contributed by atoms with E-state index in [-0.39, 0.29) is 5.91 Å². The first-order valence-electron chi connectivity index (χ1n) is 6.96. The monoisotopic (exact) mass is 296 g/mol. The molecule has 0 unspecified atom stereocenters. The van der Waals surface area contributed by atoms with Gasteiger partial charge in [0.1, 0.15) is 4.99 Å². The highest BCUT2D eigenvalue weighted by atomic mass is 32.1. The Hall–Kier alpha value is -2.20. The predicted molar refractivity (Wildman–Crippen MR) is 88.7 cm³/mol. The number of nitrogens with two attached hydrogens (primary N) is 1. The van der Waals surface area contributed by atoms with Crippen LogP contribution in [0.15, 0.2) is 42.5 Å². The number of rotatable bonds is 3.